The zero-order valence-electron chi connectivity index (χ0n) is 15.6. The van der Waals surface area contributed by atoms with Gasteiger partial charge in [-0.1, -0.05) is 36.4 Å². The summed E-state index contributed by atoms with van der Waals surface area (Å²) >= 11 is 2.79. The molecule has 3 amide bonds. The van der Waals surface area contributed by atoms with Crippen molar-refractivity contribution in [1.82, 2.24) is 15.3 Å². The zero-order chi connectivity index (χ0) is 20.2. The fourth-order valence-corrected chi connectivity index (χ4v) is 4.66. The van der Waals surface area contributed by atoms with Gasteiger partial charge in [-0.3, -0.25) is 14.6 Å². The number of nitrogens with one attached hydrogen (secondary N) is 1. The second kappa shape index (κ2) is 8.54. The summed E-state index contributed by atoms with van der Waals surface area (Å²) in [5.74, 6) is -0.110. The first-order chi connectivity index (χ1) is 14.2. The van der Waals surface area contributed by atoms with E-state index in [1.807, 2.05) is 41.1 Å². The van der Waals surface area contributed by atoms with E-state index < -0.39 is 0 Å². The average molecular weight is 426 g/mol. The predicted molar refractivity (Wildman–Crippen MR) is 117 cm³/mol. The highest BCUT2D eigenvalue weighted by molar-refractivity contribution is 7.14. The first kappa shape index (κ1) is 19.3. The molecule has 1 aliphatic heterocycles. The summed E-state index contributed by atoms with van der Waals surface area (Å²) in [6, 6.07) is 9.70. The van der Waals surface area contributed by atoms with E-state index in [0.29, 0.717) is 35.6 Å². The van der Waals surface area contributed by atoms with Gasteiger partial charge in [-0.15, -0.1) is 29.3 Å². The number of amides is 3. The number of urea groups is 1. The minimum absolute atomic E-state index is 0.110. The van der Waals surface area contributed by atoms with Crippen molar-refractivity contribution in [2.75, 3.05) is 29.4 Å². The van der Waals surface area contributed by atoms with Crippen LogP contribution < -0.4 is 15.1 Å². The van der Waals surface area contributed by atoms with E-state index in [2.05, 4.69) is 21.9 Å². The molecule has 7 nitrogen and oxygen atoms in total. The Hall–Kier alpha value is -3.04. The van der Waals surface area contributed by atoms with E-state index in [9.17, 15) is 9.59 Å². The molecule has 1 N–H and O–H groups in total. The van der Waals surface area contributed by atoms with Gasteiger partial charge in [-0.25, -0.2) is 14.8 Å². The molecule has 29 heavy (non-hydrogen) atoms. The fraction of sp³-hybridized carbons (Fsp3) is 0.200. The lowest BCUT2D eigenvalue weighted by atomic mass is 10.2. The predicted octanol–water partition coefficient (Wildman–Crippen LogP) is 3.56. The topological polar surface area (TPSA) is 78.4 Å². The maximum absolute atomic E-state index is 13.0. The molecule has 4 rings (SSSR count). The van der Waals surface area contributed by atoms with Gasteiger partial charge in [0.15, 0.2) is 10.3 Å². The fourth-order valence-electron chi connectivity index (χ4n) is 2.95. The highest BCUT2D eigenvalue weighted by Gasteiger charge is 2.25. The molecule has 1 aliphatic rings. The Morgan fingerprint density at radius 3 is 2.79 bits per heavy atom. The maximum Gasteiger partial charge on any atom is 0.323 e. The standard InChI is InChI=1S/C20H19N5O2S2/c1-2-9-24(20-23-16(13-29-20)14-6-4-3-5-7-14)17(26)11-15-12-28-19(22-15)25-10-8-21-18(25)27/h2-7,12-13H,1,8-11H2,(H,21,27). The third-order valence-electron chi connectivity index (χ3n) is 4.36. The van der Waals surface area contributed by atoms with E-state index in [-0.39, 0.29) is 18.4 Å². The summed E-state index contributed by atoms with van der Waals surface area (Å²) in [4.78, 5) is 37.1. The molecule has 1 fully saturated rings. The van der Waals surface area contributed by atoms with Gasteiger partial charge in [0, 0.05) is 36.0 Å². The molecule has 3 aromatic rings. The molecule has 2 aromatic heterocycles. The van der Waals surface area contributed by atoms with Crippen LogP contribution in [0.15, 0.2) is 53.7 Å². The van der Waals surface area contributed by atoms with Crippen molar-refractivity contribution < 1.29 is 9.59 Å². The zero-order valence-corrected chi connectivity index (χ0v) is 17.2. The van der Waals surface area contributed by atoms with Gasteiger partial charge in [-0.2, -0.15) is 0 Å². The van der Waals surface area contributed by atoms with Crippen LogP contribution in [0.1, 0.15) is 5.69 Å². The van der Waals surface area contributed by atoms with E-state index in [0.717, 1.165) is 11.3 Å². The van der Waals surface area contributed by atoms with Crippen LogP contribution in [0, 0.1) is 0 Å². The quantitative estimate of drug-likeness (QED) is 0.587. The molecular weight excluding hydrogens is 406 g/mol. The molecule has 0 spiro atoms. The summed E-state index contributed by atoms with van der Waals surface area (Å²) in [7, 11) is 0. The monoisotopic (exact) mass is 425 g/mol. The SMILES string of the molecule is C=CCN(C(=O)Cc1csc(N2CCNC2=O)n1)c1nc(-c2ccccc2)cs1. The highest BCUT2D eigenvalue weighted by atomic mass is 32.1. The molecule has 0 unspecified atom stereocenters. The molecule has 1 saturated heterocycles. The minimum atomic E-state index is -0.151. The lowest BCUT2D eigenvalue weighted by molar-refractivity contribution is -0.117. The van der Waals surface area contributed by atoms with Gasteiger partial charge in [0.05, 0.1) is 17.8 Å². The lowest BCUT2D eigenvalue weighted by Crippen LogP contribution is -2.32. The largest absolute Gasteiger partial charge is 0.336 e. The maximum atomic E-state index is 13.0. The molecule has 1 aromatic carbocycles. The van der Waals surface area contributed by atoms with Crippen LogP contribution >= 0.6 is 22.7 Å². The Bertz CT molecular complexity index is 1030. The summed E-state index contributed by atoms with van der Waals surface area (Å²) in [6.07, 6.45) is 1.82. The molecule has 148 valence electrons. The Kier molecular flexibility index (Phi) is 5.68. The van der Waals surface area contributed by atoms with Gasteiger partial charge in [-0.05, 0) is 0 Å². The van der Waals surface area contributed by atoms with Crippen LogP contribution in [0.3, 0.4) is 0 Å². The van der Waals surface area contributed by atoms with Crippen LogP contribution in [0.4, 0.5) is 15.1 Å². The summed E-state index contributed by atoms with van der Waals surface area (Å²) in [6.45, 7) is 5.32. The third-order valence-corrected chi connectivity index (χ3v) is 6.14. The molecule has 0 radical (unpaired) electrons. The molecule has 3 heterocycles. The normalized spacial score (nSPS) is 13.4. The van der Waals surface area contributed by atoms with Crippen molar-refractivity contribution in [1.29, 1.82) is 0 Å². The number of carbonyl (C=O) groups is 2. The second-order valence-corrected chi connectivity index (χ2v) is 8.03. The van der Waals surface area contributed by atoms with Crippen LogP contribution in [-0.2, 0) is 11.2 Å². The number of hydrogen-bond donors (Lipinski definition) is 1. The molecule has 0 bridgehead atoms. The molecule has 0 saturated carbocycles. The molecular formula is C20H19N5O2S2. The van der Waals surface area contributed by atoms with E-state index in [4.69, 9.17) is 0 Å². The number of thiazole rings is 2. The van der Waals surface area contributed by atoms with Crippen molar-refractivity contribution in [3.63, 3.8) is 0 Å². The number of nitrogens with zero attached hydrogens (tertiary/aromatic N) is 4. The van der Waals surface area contributed by atoms with Crippen molar-refractivity contribution in [3.8, 4) is 11.3 Å². The summed E-state index contributed by atoms with van der Waals surface area (Å²) in [5, 5.41) is 7.76. The van der Waals surface area contributed by atoms with Gasteiger partial charge in [0.2, 0.25) is 5.91 Å². The van der Waals surface area contributed by atoms with E-state index in [1.165, 1.54) is 22.7 Å². The van der Waals surface area contributed by atoms with Crippen LogP contribution in [0.25, 0.3) is 11.3 Å². The number of carbonyl (C=O) groups excluding carboxylic acids is 2. The second-order valence-electron chi connectivity index (χ2n) is 6.36. The first-order valence-corrected chi connectivity index (χ1v) is 10.8. The number of aromatic nitrogens is 2. The van der Waals surface area contributed by atoms with Gasteiger partial charge in [0.25, 0.3) is 0 Å². The Morgan fingerprint density at radius 1 is 1.24 bits per heavy atom. The van der Waals surface area contributed by atoms with Gasteiger partial charge in [0.1, 0.15) is 0 Å². The van der Waals surface area contributed by atoms with Crippen LogP contribution in [0.2, 0.25) is 0 Å². The van der Waals surface area contributed by atoms with Crippen molar-refractivity contribution in [3.05, 3.63) is 59.4 Å². The van der Waals surface area contributed by atoms with Crippen LogP contribution in [0.5, 0.6) is 0 Å². The molecule has 9 heteroatoms. The van der Waals surface area contributed by atoms with Crippen LogP contribution in [-0.4, -0.2) is 41.5 Å². The Labute approximate surface area is 176 Å². The average Bonchev–Trinajstić information content (AvgIpc) is 3.47. The lowest BCUT2D eigenvalue weighted by Gasteiger charge is -2.17. The number of anilines is 2. The van der Waals surface area contributed by atoms with E-state index >= 15 is 0 Å². The molecule has 0 aliphatic carbocycles. The molecule has 0 atom stereocenters. The number of benzene rings is 1. The minimum Gasteiger partial charge on any atom is -0.336 e. The number of rotatable bonds is 7. The third kappa shape index (κ3) is 4.20. The first-order valence-electron chi connectivity index (χ1n) is 9.07. The summed E-state index contributed by atoms with van der Waals surface area (Å²) < 4.78 is 0. The Balaban J connectivity index is 1.50. The smallest absolute Gasteiger partial charge is 0.323 e. The van der Waals surface area contributed by atoms with Crippen molar-refractivity contribution >= 4 is 44.9 Å². The van der Waals surface area contributed by atoms with Crippen molar-refractivity contribution in [2.24, 2.45) is 0 Å². The van der Waals surface area contributed by atoms with E-state index in [1.54, 1.807) is 15.9 Å². The summed E-state index contributed by atoms with van der Waals surface area (Å²) in [5.41, 5.74) is 2.49. The number of hydrogen-bond acceptors (Lipinski definition) is 6. The highest BCUT2D eigenvalue weighted by Crippen LogP contribution is 2.28. The van der Waals surface area contributed by atoms with Crippen molar-refractivity contribution in [2.45, 2.75) is 6.42 Å². The van der Waals surface area contributed by atoms with Gasteiger partial charge >= 0.3 is 6.03 Å². The van der Waals surface area contributed by atoms with Gasteiger partial charge < -0.3 is 5.32 Å². The Morgan fingerprint density at radius 2 is 2.07 bits per heavy atom.